The molecule has 0 radical (unpaired) electrons. The van der Waals surface area contributed by atoms with Gasteiger partial charge in [0, 0.05) is 23.2 Å². The zero-order valence-corrected chi connectivity index (χ0v) is 15.6. The first-order valence-electron chi connectivity index (χ1n) is 8.69. The highest BCUT2D eigenvalue weighted by Crippen LogP contribution is 2.24. The van der Waals surface area contributed by atoms with E-state index in [9.17, 15) is 9.59 Å². The number of aryl methyl sites for hydroxylation is 1. The van der Waals surface area contributed by atoms with E-state index < -0.39 is 0 Å². The van der Waals surface area contributed by atoms with Crippen molar-refractivity contribution in [3.05, 3.63) is 53.1 Å². The van der Waals surface area contributed by atoms with Gasteiger partial charge in [-0.15, -0.1) is 0 Å². The number of hydrogen-bond donors (Lipinski definition) is 4. The number of imidazole rings is 1. The van der Waals surface area contributed by atoms with Crippen molar-refractivity contribution in [2.45, 2.75) is 13.3 Å². The molecule has 0 unspecified atom stereocenters. The third-order valence-corrected chi connectivity index (χ3v) is 4.35. The van der Waals surface area contributed by atoms with E-state index in [1.807, 2.05) is 19.1 Å². The van der Waals surface area contributed by atoms with Gasteiger partial charge in [0.2, 0.25) is 0 Å². The average Bonchev–Trinajstić information content (AvgIpc) is 3.12. The van der Waals surface area contributed by atoms with Crippen LogP contribution in [0.5, 0.6) is 0 Å². The topological polar surface area (TPSA) is 134 Å². The van der Waals surface area contributed by atoms with Crippen molar-refractivity contribution in [1.29, 1.82) is 5.41 Å². The number of rotatable bonds is 6. The number of H-pyrrole nitrogens is 1. The monoisotopic (exact) mass is 379 g/mol. The first-order valence-corrected chi connectivity index (χ1v) is 8.69. The molecule has 144 valence electrons. The number of nitrogens with zero attached hydrogens (tertiary/aromatic N) is 1. The molecule has 0 spiro atoms. The van der Waals surface area contributed by atoms with E-state index in [-0.39, 0.29) is 30.7 Å². The van der Waals surface area contributed by atoms with Crippen molar-refractivity contribution in [1.82, 2.24) is 15.3 Å². The smallest absolute Gasteiger partial charge is 0.307 e. The summed E-state index contributed by atoms with van der Waals surface area (Å²) in [5, 5.41) is 10.2. The summed E-state index contributed by atoms with van der Waals surface area (Å²) < 4.78 is 4.56. The Morgan fingerprint density at radius 3 is 2.57 bits per heavy atom. The van der Waals surface area contributed by atoms with Gasteiger partial charge in [0.15, 0.2) is 0 Å². The average molecular weight is 379 g/mol. The normalized spacial score (nSPS) is 10.6. The number of amidine groups is 1. The number of fused-ring (bicyclic) bond motifs is 1. The van der Waals surface area contributed by atoms with Crippen LogP contribution in [0, 0.1) is 12.3 Å². The Labute approximate surface area is 161 Å². The quantitative estimate of drug-likeness (QED) is 0.296. The minimum absolute atomic E-state index is 0.00912. The van der Waals surface area contributed by atoms with E-state index in [4.69, 9.17) is 11.1 Å². The number of methoxy groups -OCH3 is 1. The molecule has 0 atom stereocenters. The standard InChI is InChI=1S/C20H21N5O3/c1-11-9-14(20(27)23-8-7-16(26)28-2)10-15-17(11)25-19(24-15)13-5-3-12(4-6-13)18(21)22/h3-6,9-10H,7-8H2,1-2H3,(H3,21,22)(H,23,27)(H,24,25). The Hall–Kier alpha value is -3.68. The van der Waals surface area contributed by atoms with Crippen LogP contribution in [0.2, 0.25) is 0 Å². The van der Waals surface area contributed by atoms with Gasteiger partial charge < -0.3 is 20.8 Å². The predicted molar refractivity (Wildman–Crippen MR) is 106 cm³/mol. The van der Waals surface area contributed by atoms with Gasteiger partial charge in [-0.1, -0.05) is 24.3 Å². The number of benzene rings is 2. The van der Waals surface area contributed by atoms with Gasteiger partial charge in [0.05, 0.1) is 24.6 Å². The van der Waals surface area contributed by atoms with Gasteiger partial charge in [-0.3, -0.25) is 15.0 Å². The van der Waals surface area contributed by atoms with Crippen LogP contribution in [0.25, 0.3) is 22.4 Å². The molecule has 0 fully saturated rings. The second-order valence-corrected chi connectivity index (χ2v) is 6.35. The van der Waals surface area contributed by atoms with Crippen LogP contribution < -0.4 is 11.1 Å². The molecular weight excluding hydrogens is 358 g/mol. The van der Waals surface area contributed by atoms with E-state index >= 15 is 0 Å². The molecule has 3 aromatic rings. The maximum atomic E-state index is 12.4. The maximum Gasteiger partial charge on any atom is 0.307 e. The highest BCUT2D eigenvalue weighted by molar-refractivity contribution is 5.99. The fraction of sp³-hybridized carbons (Fsp3) is 0.200. The lowest BCUT2D eigenvalue weighted by molar-refractivity contribution is -0.140. The molecule has 5 N–H and O–H groups in total. The molecule has 0 saturated heterocycles. The highest BCUT2D eigenvalue weighted by atomic mass is 16.5. The number of aromatic amines is 1. The Morgan fingerprint density at radius 1 is 1.21 bits per heavy atom. The van der Waals surface area contributed by atoms with E-state index in [1.54, 1.807) is 24.3 Å². The molecule has 0 aliphatic carbocycles. The lowest BCUT2D eigenvalue weighted by Gasteiger charge is -2.05. The van der Waals surface area contributed by atoms with E-state index in [2.05, 4.69) is 20.0 Å². The Morgan fingerprint density at radius 2 is 1.93 bits per heavy atom. The number of nitrogens with one attached hydrogen (secondary N) is 3. The molecule has 8 nitrogen and oxygen atoms in total. The molecule has 0 aliphatic heterocycles. The zero-order chi connectivity index (χ0) is 20.3. The minimum Gasteiger partial charge on any atom is -0.469 e. The second-order valence-electron chi connectivity index (χ2n) is 6.35. The van der Waals surface area contributed by atoms with Crippen molar-refractivity contribution in [2.75, 3.05) is 13.7 Å². The van der Waals surface area contributed by atoms with Gasteiger partial charge in [0.25, 0.3) is 5.91 Å². The van der Waals surface area contributed by atoms with Crippen molar-refractivity contribution in [3.8, 4) is 11.4 Å². The first-order chi connectivity index (χ1) is 13.4. The summed E-state index contributed by atoms with van der Waals surface area (Å²) in [5.41, 5.74) is 9.83. The molecule has 1 heterocycles. The number of amides is 1. The number of esters is 1. The summed E-state index contributed by atoms with van der Waals surface area (Å²) in [5.74, 6) is 0.0307. The summed E-state index contributed by atoms with van der Waals surface area (Å²) in [7, 11) is 1.31. The van der Waals surface area contributed by atoms with Gasteiger partial charge in [-0.2, -0.15) is 0 Å². The van der Waals surface area contributed by atoms with Crippen LogP contribution in [-0.2, 0) is 9.53 Å². The summed E-state index contributed by atoms with van der Waals surface area (Å²) in [6, 6.07) is 10.7. The maximum absolute atomic E-state index is 12.4. The van der Waals surface area contributed by atoms with E-state index in [1.165, 1.54) is 7.11 Å². The highest BCUT2D eigenvalue weighted by Gasteiger charge is 2.13. The van der Waals surface area contributed by atoms with Crippen molar-refractivity contribution in [3.63, 3.8) is 0 Å². The SMILES string of the molecule is COC(=O)CCNC(=O)c1cc(C)c2nc(-c3ccc(C(=N)N)cc3)[nH]c2c1. The number of nitrogen functional groups attached to an aromatic ring is 1. The molecule has 0 saturated carbocycles. The van der Waals surface area contributed by atoms with Crippen LogP contribution >= 0.6 is 0 Å². The molecule has 8 heteroatoms. The van der Waals surface area contributed by atoms with E-state index in [0.29, 0.717) is 17.0 Å². The molecule has 1 amide bonds. The Balaban J connectivity index is 1.84. The lowest BCUT2D eigenvalue weighted by Crippen LogP contribution is -2.26. The third kappa shape index (κ3) is 4.01. The number of carbonyl (C=O) groups is 2. The number of ether oxygens (including phenoxy) is 1. The first kappa shape index (κ1) is 19.1. The van der Waals surface area contributed by atoms with Crippen LogP contribution in [-0.4, -0.2) is 41.3 Å². The molecule has 2 aromatic carbocycles. The molecule has 0 aliphatic rings. The van der Waals surface area contributed by atoms with E-state index in [0.717, 1.165) is 22.2 Å². The zero-order valence-electron chi connectivity index (χ0n) is 15.6. The summed E-state index contributed by atoms with van der Waals surface area (Å²) in [4.78, 5) is 31.4. The summed E-state index contributed by atoms with van der Waals surface area (Å²) in [6.45, 7) is 2.09. The Kier molecular flexibility index (Phi) is 5.39. The van der Waals surface area contributed by atoms with Crippen LogP contribution in [0.3, 0.4) is 0 Å². The van der Waals surface area contributed by atoms with Crippen molar-refractivity contribution in [2.24, 2.45) is 5.73 Å². The predicted octanol–water partition coefficient (Wildman–Crippen LogP) is 2.12. The molecule has 1 aromatic heterocycles. The Bertz CT molecular complexity index is 1050. The fourth-order valence-corrected chi connectivity index (χ4v) is 2.85. The molecular formula is C20H21N5O3. The summed E-state index contributed by atoms with van der Waals surface area (Å²) in [6.07, 6.45) is 0.119. The van der Waals surface area contributed by atoms with Crippen LogP contribution in [0.15, 0.2) is 36.4 Å². The van der Waals surface area contributed by atoms with Crippen molar-refractivity contribution < 1.29 is 14.3 Å². The molecule has 3 rings (SSSR count). The number of carbonyl (C=O) groups excluding carboxylic acids is 2. The van der Waals surface area contributed by atoms with Gasteiger partial charge in [0.1, 0.15) is 11.7 Å². The molecule has 28 heavy (non-hydrogen) atoms. The minimum atomic E-state index is -0.374. The van der Waals surface area contributed by atoms with Gasteiger partial charge >= 0.3 is 5.97 Å². The number of nitrogens with two attached hydrogens (primary N) is 1. The van der Waals surface area contributed by atoms with Crippen LogP contribution in [0.1, 0.15) is 27.9 Å². The largest absolute Gasteiger partial charge is 0.469 e. The van der Waals surface area contributed by atoms with Crippen LogP contribution in [0.4, 0.5) is 0 Å². The fourth-order valence-electron chi connectivity index (χ4n) is 2.85. The van der Waals surface area contributed by atoms with Crippen molar-refractivity contribution >= 4 is 28.7 Å². The van der Waals surface area contributed by atoms with Gasteiger partial charge in [-0.25, -0.2) is 4.98 Å². The number of aromatic nitrogens is 2. The molecule has 0 bridgehead atoms. The summed E-state index contributed by atoms with van der Waals surface area (Å²) >= 11 is 0. The lowest BCUT2D eigenvalue weighted by atomic mass is 10.1. The second kappa shape index (κ2) is 7.91. The number of hydrogen-bond acceptors (Lipinski definition) is 5. The van der Waals surface area contributed by atoms with Gasteiger partial charge in [-0.05, 0) is 24.6 Å². The third-order valence-electron chi connectivity index (χ3n) is 4.35.